The number of aromatic nitrogens is 3. The van der Waals surface area contributed by atoms with Gasteiger partial charge in [-0.15, -0.1) is 0 Å². The zero-order valence-electron chi connectivity index (χ0n) is 17.8. The first kappa shape index (κ1) is 21.2. The van der Waals surface area contributed by atoms with Crippen LogP contribution in [0, 0.1) is 0 Å². The number of imide groups is 1. The Hall–Kier alpha value is -3.69. The Kier molecular flexibility index (Phi) is 4.77. The average molecular weight is 453 g/mol. The molecule has 0 atom stereocenters. The SMILES string of the molecule is Cn1c(-c2cccc3ccncc23)cnc1C(=O)CN1C(=O)NC2(CCC(F)(F)CC2)C1=O. The van der Waals surface area contributed by atoms with E-state index in [1.165, 1.54) is 0 Å². The van der Waals surface area contributed by atoms with Crippen molar-refractivity contribution < 1.29 is 23.2 Å². The largest absolute Gasteiger partial charge is 0.325 e. The number of halogens is 2. The molecule has 1 saturated heterocycles. The number of nitrogens with one attached hydrogen (secondary N) is 1. The Labute approximate surface area is 187 Å². The Balaban J connectivity index is 1.39. The highest BCUT2D eigenvalue weighted by atomic mass is 19.3. The number of amides is 3. The van der Waals surface area contributed by atoms with Crippen molar-refractivity contribution in [1.29, 1.82) is 0 Å². The Morgan fingerprint density at radius 1 is 1.12 bits per heavy atom. The lowest BCUT2D eigenvalue weighted by atomic mass is 9.80. The van der Waals surface area contributed by atoms with Gasteiger partial charge < -0.3 is 9.88 Å². The van der Waals surface area contributed by atoms with E-state index < -0.39 is 48.6 Å². The third-order valence-corrected chi connectivity index (χ3v) is 6.58. The van der Waals surface area contributed by atoms with Crippen molar-refractivity contribution in [2.45, 2.75) is 37.1 Å². The fraction of sp³-hybridized carbons (Fsp3) is 0.348. The predicted molar refractivity (Wildman–Crippen MR) is 115 cm³/mol. The van der Waals surface area contributed by atoms with Crippen LogP contribution in [0.25, 0.3) is 22.0 Å². The minimum Gasteiger partial charge on any atom is -0.325 e. The summed E-state index contributed by atoms with van der Waals surface area (Å²) in [7, 11) is 1.68. The summed E-state index contributed by atoms with van der Waals surface area (Å²) >= 11 is 0. The summed E-state index contributed by atoms with van der Waals surface area (Å²) in [4.78, 5) is 47.6. The number of hydrogen-bond acceptors (Lipinski definition) is 5. The number of urea groups is 1. The molecule has 10 heteroatoms. The number of hydrogen-bond donors (Lipinski definition) is 1. The van der Waals surface area contributed by atoms with E-state index in [1.807, 2.05) is 24.3 Å². The molecular weight excluding hydrogens is 432 g/mol. The normalized spacial score (nSPS) is 19.3. The van der Waals surface area contributed by atoms with Crippen LogP contribution in [0.5, 0.6) is 0 Å². The maximum Gasteiger partial charge on any atom is 0.325 e. The molecule has 0 unspecified atom stereocenters. The van der Waals surface area contributed by atoms with Crippen LogP contribution in [0.4, 0.5) is 13.6 Å². The number of fused-ring (bicyclic) bond motifs is 1. The molecule has 33 heavy (non-hydrogen) atoms. The number of rotatable bonds is 4. The van der Waals surface area contributed by atoms with Crippen molar-refractivity contribution in [3.05, 3.63) is 48.7 Å². The third-order valence-electron chi connectivity index (χ3n) is 6.58. The van der Waals surface area contributed by atoms with Crippen LogP contribution in [0.2, 0.25) is 0 Å². The zero-order valence-corrected chi connectivity index (χ0v) is 17.8. The van der Waals surface area contributed by atoms with Crippen molar-refractivity contribution in [1.82, 2.24) is 24.8 Å². The van der Waals surface area contributed by atoms with E-state index >= 15 is 0 Å². The number of carbonyl (C=O) groups excluding carboxylic acids is 3. The molecule has 5 rings (SSSR count). The highest BCUT2D eigenvalue weighted by molar-refractivity contribution is 6.11. The van der Waals surface area contributed by atoms with Gasteiger partial charge in [-0.25, -0.2) is 18.6 Å². The van der Waals surface area contributed by atoms with Crippen LogP contribution in [-0.2, 0) is 11.8 Å². The molecule has 1 aromatic carbocycles. The van der Waals surface area contributed by atoms with Crippen LogP contribution in [0.3, 0.4) is 0 Å². The second-order valence-electron chi connectivity index (χ2n) is 8.61. The van der Waals surface area contributed by atoms with E-state index in [9.17, 15) is 23.2 Å². The first-order valence-corrected chi connectivity index (χ1v) is 10.6. The van der Waals surface area contributed by atoms with E-state index in [2.05, 4.69) is 15.3 Å². The van der Waals surface area contributed by atoms with Gasteiger partial charge in [0.05, 0.1) is 18.4 Å². The summed E-state index contributed by atoms with van der Waals surface area (Å²) in [6.45, 7) is -0.510. The molecule has 2 aliphatic rings. The third kappa shape index (κ3) is 3.46. The quantitative estimate of drug-likeness (QED) is 0.483. The molecule has 0 bridgehead atoms. The van der Waals surface area contributed by atoms with Crippen molar-refractivity contribution in [3.63, 3.8) is 0 Å². The molecule has 170 valence electrons. The van der Waals surface area contributed by atoms with Gasteiger partial charge in [0.1, 0.15) is 5.54 Å². The predicted octanol–water partition coefficient (Wildman–Crippen LogP) is 3.32. The van der Waals surface area contributed by atoms with Crippen molar-refractivity contribution in [2.75, 3.05) is 6.54 Å². The van der Waals surface area contributed by atoms with Gasteiger partial charge in [-0.2, -0.15) is 0 Å². The molecule has 8 nitrogen and oxygen atoms in total. The van der Waals surface area contributed by atoms with Crippen LogP contribution in [0.1, 0.15) is 36.3 Å². The molecule has 1 aliphatic carbocycles. The molecule has 3 heterocycles. The van der Waals surface area contributed by atoms with Crippen molar-refractivity contribution in [2.24, 2.45) is 7.05 Å². The highest BCUT2D eigenvalue weighted by Crippen LogP contribution is 2.41. The number of imidazole rings is 1. The summed E-state index contributed by atoms with van der Waals surface area (Å²) in [6, 6.07) is 6.89. The maximum absolute atomic E-state index is 13.6. The number of Topliss-reactive ketones (excluding diaryl/α,β-unsaturated/α-hetero) is 1. The fourth-order valence-corrected chi connectivity index (χ4v) is 4.67. The summed E-state index contributed by atoms with van der Waals surface area (Å²) in [5, 5.41) is 4.43. The Bertz CT molecular complexity index is 1290. The number of ketones is 1. The lowest BCUT2D eigenvalue weighted by molar-refractivity contribution is -0.135. The summed E-state index contributed by atoms with van der Waals surface area (Å²) in [5.74, 6) is -3.92. The van der Waals surface area contributed by atoms with Crippen molar-refractivity contribution in [3.8, 4) is 11.3 Å². The Morgan fingerprint density at radius 2 is 1.88 bits per heavy atom. The topological polar surface area (TPSA) is 97.2 Å². The van der Waals surface area contributed by atoms with Gasteiger partial charge in [0, 0.05) is 43.2 Å². The minimum atomic E-state index is -2.85. The van der Waals surface area contributed by atoms with E-state index in [-0.39, 0.29) is 18.7 Å². The van der Waals surface area contributed by atoms with Gasteiger partial charge in [-0.05, 0) is 24.3 Å². The van der Waals surface area contributed by atoms with Gasteiger partial charge in [0.15, 0.2) is 5.82 Å². The number of pyridine rings is 1. The number of alkyl halides is 2. The lowest BCUT2D eigenvalue weighted by Gasteiger charge is -2.34. The van der Waals surface area contributed by atoms with E-state index in [0.29, 0.717) is 5.69 Å². The van der Waals surface area contributed by atoms with Crippen LogP contribution in [-0.4, -0.2) is 55.2 Å². The number of nitrogens with zero attached hydrogens (tertiary/aromatic N) is 4. The average Bonchev–Trinajstić information content (AvgIpc) is 3.28. The first-order chi connectivity index (χ1) is 15.7. The molecular formula is C23H21F2N5O3. The molecule has 2 fully saturated rings. The second kappa shape index (κ2) is 7.43. The summed E-state index contributed by atoms with van der Waals surface area (Å²) < 4.78 is 28.8. The first-order valence-electron chi connectivity index (χ1n) is 10.6. The van der Waals surface area contributed by atoms with E-state index in [1.54, 1.807) is 30.2 Å². The second-order valence-corrected chi connectivity index (χ2v) is 8.61. The maximum atomic E-state index is 13.6. The van der Waals surface area contributed by atoms with E-state index in [0.717, 1.165) is 21.2 Å². The molecule has 3 amide bonds. The van der Waals surface area contributed by atoms with Crippen LogP contribution in [0.15, 0.2) is 42.9 Å². The molecule has 1 aliphatic heterocycles. The minimum absolute atomic E-state index is 0.0858. The standard InChI is InChI=1S/C23H21F2N5O3/c1-29-17(15-4-2-3-14-5-10-26-11-16(14)15)12-27-19(29)18(31)13-30-20(32)22(28-21(30)33)6-8-23(24,25)9-7-22/h2-5,10-12H,6-9,13H2,1H3,(H,28,33). The Morgan fingerprint density at radius 3 is 2.64 bits per heavy atom. The molecule has 3 aromatic rings. The molecule has 1 spiro atoms. The molecule has 1 N–H and O–H groups in total. The fourth-order valence-electron chi connectivity index (χ4n) is 4.67. The van der Waals surface area contributed by atoms with Gasteiger partial charge in [-0.1, -0.05) is 18.2 Å². The molecule has 1 saturated carbocycles. The molecule has 2 aromatic heterocycles. The van der Waals surface area contributed by atoms with Gasteiger partial charge in [-0.3, -0.25) is 19.5 Å². The molecule has 0 radical (unpaired) electrons. The van der Waals surface area contributed by atoms with Crippen molar-refractivity contribution >= 4 is 28.5 Å². The van der Waals surface area contributed by atoms with Crippen LogP contribution >= 0.6 is 0 Å². The highest BCUT2D eigenvalue weighted by Gasteiger charge is 2.55. The zero-order chi connectivity index (χ0) is 23.4. The monoisotopic (exact) mass is 453 g/mol. The van der Waals surface area contributed by atoms with Gasteiger partial charge in [0.25, 0.3) is 5.91 Å². The summed E-state index contributed by atoms with van der Waals surface area (Å²) in [6.07, 6.45) is 3.72. The number of carbonyl (C=O) groups is 3. The lowest BCUT2D eigenvalue weighted by Crippen LogP contribution is -2.51. The summed E-state index contributed by atoms with van der Waals surface area (Å²) in [5.41, 5.74) is 0.161. The van der Waals surface area contributed by atoms with E-state index in [4.69, 9.17) is 0 Å². The number of benzene rings is 1. The van der Waals surface area contributed by atoms with Gasteiger partial charge in [0.2, 0.25) is 11.7 Å². The smallest absolute Gasteiger partial charge is 0.325 e. The van der Waals surface area contributed by atoms with Gasteiger partial charge >= 0.3 is 6.03 Å². The van der Waals surface area contributed by atoms with Crippen LogP contribution < -0.4 is 5.32 Å².